The molecule has 0 rings (SSSR count). The number of hydrogen-bond acceptors (Lipinski definition) is 6. The van der Waals surface area contributed by atoms with Crippen molar-refractivity contribution >= 4 is 17.9 Å². The maximum absolute atomic E-state index is 12.9. The van der Waals surface area contributed by atoms with Crippen LogP contribution >= 0.6 is 0 Å². The zero-order valence-corrected chi connectivity index (χ0v) is 46.6. The van der Waals surface area contributed by atoms with Gasteiger partial charge in [-0.1, -0.05) is 317 Å². The van der Waals surface area contributed by atoms with Gasteiger partial charge in [-0.2, -0.15) is 0 Å². The van der Waals surface area contributed by atoms with Crippen LogP contribution in [-0.2, 0) is 28.6 Å². The lowest BCUT2D eigenvalue weighted by Crippen LogP contribution is -2.30. The predicted molar refractivity (Wildman–Crippen MR) is 293 cm³/mol. The molecule has 0 saturated carbocycles. The quantitative estimate of drug-likeness (QED) is 0.0343. The smallest absolute Gasteiger partial charge is 0.306 e. The highest BCUT2D eigenvalue weighted by atomic mass is 16.6. The molecule has 2 atom stereocenters. The fourth-order valence-corrected chi connectivity index (χ4v) is 9.60. The van der Waals surface area contributed by atoms with Crippen LogP contribution in [-0.4, -0.2) is 37.2 Å². The summed E-state index contributed by atoms with van der Waals surface area (Å²) in [6.45, 7) is 9.12. The summed E-state index contributed by atoms with van der Waals surface area (Å²) in [6, 6.07) is 0. The number of esters is 3. The number of unbranched alkanes of at least 4 members (excludes halogenated alkanes) is 43. The fraction of sp³-hybridized carbons (Fsp3) is 0.952. The minimum atomic E-state index is -0.762. The van der Waals surface area contributed by atoms with E-state index in [1.807, 2.05) is 0 Å². The number of ether oxygens (including phenoxy) is 3. The fourth-order valence-electron chi connectivity index (χ4n) is 9.60. The molecule has 0 amide bonds. The molecular formula is C62H120O6. The number of carbonyl (C=O) groups excluding carboxylic acids is 3. The van der Waals surface area contributed by atoms with E-state index in [1.54, 1.807) is 0 Å². The molecule has 0 aromatic heterocycles. The zero-order chi connectivity index (χ0) is 49.5. The summed E-state index contributed by atoms with van der Waals surface area (Å²) < 4.78 is 16.9. The van der Waals surface area contributed by atoms with E-state index in [0.717, 1.165) is 63.7 Å². The molecule has 0 aliphatic rings. The maximum Gasteiger partial charge on any atom is 0.306 e. The van der Waals surface area contributed by atoms with Crippen molar-refractivity contribution in [2.75, 3.05) is 13.2 Å². The van der Waals surface area contributed by atoms with Gasteiger partial charge in [0.05, 0.1) is 0 Å². The minimum Gasteiger partial charge on any atom is -0.462 e. The molecule has 68 heavy (non-hydrogen) atoms. The van der Waals surface area contributed by atoms with Gasteiger partial charge in [-0.05, 0) is 25.2 Å². The normalized spacial score (nSPS) is 12.4. The first-order valence-corrected chi connectivity index (χ1v) is 30.9. The van der Waals surface area contributed by atoms with E-state index in [2.05, 4.69) is 27.7 Å². The van der Waals surface area contributed by atoms with E-state index >= 15 is 0 Å². The van der Waals surface area contributed by atoms with Gasteiger partial charge in [0, 0.05) is 19.3 Å². The Balaban J connectivity index is 4.25. The standard InChI is InChI=1S/C62H120O6/c1-5-8-10-12-14-16-18-20-25-30-34-38-42-46-50-54-61(64)67-57-59(56-66-60(63)53-49-45-41-37-33-28-19-17-15-13-11-9-6-2)68-62(65)55-51-47-43-39-35-31-27-24-22-21-23-26-29-32-36-40-44-48-52-58(4)7-3/h58-59H,5-57H2,1-4H3/t58?,59-/m1/s1. The summed E-state index contributed by atoms with van der Waals surface area (Å²) in [5.41, 5.74) is 0. The summed E-state index contributed by atoms with van der Waals surface area (Å²) in [7, 11) is 0. The largest absolute Gasteiger partial charge is 0.462 e. The average Bonchev–Trinajstić information content (AvgIpc) is 3.34. The first-order valence-electron chi connectivity index (χ1n) is 30.9. The molecule has 0 heterocycles. The third-order valence-electron chi connectivity index (χ3n) is 14.7. The van der Waals surface area contributed by atoms with Gasteiger partial charge < -0.3 is 14.2 Å². The van der Waals surface area contributed by atoms with Crippen LogP contribution in [0, 0.1) is 5.92 Å². The van der Waals surface area contributed by atoms with E-state index < -0.39 is 6.10 Å². The molecular weight excluding hydrogens is 841 g/mol. The molecule has 0 N–H and O–H groups in total. The Hall–Kier alpha value is -1.59. The van der Waals surface area contributed by atoms with Gasteiger partial charge in [0.1, 0.15) is 13.2 Å². The number of rotatable bonds is 57. The van der Waals surface area contributed by atoms with Crippen LogP contribution in [0.1, 0.15) is 355 Å². The van der Waals surface area contributed by atoms with Crippen molar-refractivity contribution in [1.82, 2.24) is 0 Å². The van der Waals surface area contributed by atoms with Crippen LogP contribution in [0.3, 0.4) is 0 Å². The number of hydrogen-bond donors (Lipinski definition) is 0. The topological polar surface area (TPSA) is 78.9 Å². The molecule has 0 saturated heterocycles. The SMILES string of the molecule is CCCCCCCCCCCCCCCCCC(=O)OC[C@@H](COC(=O)CCCCCCCCCCCCCCC)OC(=O)CCCCCCCCCCCCCCCCCCCCC(C)CC. The average molecular weight is 962 g/mol. The summed E-state index contributed by atoms with van der Waals surface area (Å²) in [5, 5.41) is 0. The van der Waals surface area contributed by atoms with Crippen molar-refractivity contribution in [3.8, 4) is 0 Å². The Bertz CT molecular complexity index is 1030. The Morgan fingerprint density at radius 1 is 0.294 bits per heavy atom. The Kier molecular flexibility index (Phi) is 55.0. The molecule has 6 heteroatoms. The van der Waals surface area contributed by atoms with Gasteiger partial charge in [-0.25, -0.2) is 0 Å². The van der Waals surface area contributed by atoms with E-state index in [9.17, 15) is 14.4 Å². The van der Waals surface area contributed by atoms with E-state index in [4.69, 9.17) is 14.2 Å². The molecule has 0 aliphatic heterocycles. The van der Waals surface area contributed by atoms with Gasteiger partial charge >= 0.3 is 17.9 Å². The molecule has 0 aliphatic carbocycles. The summed E-state index contributed by atoms with van der Waals surface area (Å²) in [4.78, 5) is 38.2. The highest BCUT2D eigenvalue weighted by Crippen LogP contribution is 2.19. The molecule has 0 radical (unpaired) electrons. The van der Waals surface area contributed by atoms with Crippen LogP contribution in [0.2, 0.25) is 0 Å². The molecule has 6 nitrogen and oxygen atoms in total. The molecule has 0 spiro atoms. The van der Waals surface area contributed by atoms with Crippen LogP contribution in [0.4, 0.5) is 0 Å². The third kappa shape index (κ3) is 53.8. The Labute approximate surface area is 425 Å². The second kappa shape index (κ2) is 56.3. The second-order valence-corrected chi connectivity index (χ2v) is 21.6. The lowest BCUT2D eigenvalue weighted by Gasteiger charge is -2.18. The van der Waals surface area contributed by atoms with Gasteiger partial charge in [-0.15, -0.1) is 0 Å². The molecule has 0 aromatic rings. The van der Waals surface area contributed by atoms with Crippen molar-refractivity contribution in [2.45, 2.75) is 361 Å². The number of carbonyl (C=O) groups is 3. The van der Waals surface area contributed by atoms with Crippen LogP contribution in [0.5, 0.6) is 0 Å². The molecule has 404 valence electrons. The highest BCUT2D eigenvalue weighted by molar-refractivity contribution is 5.71. The zero-order valence-electron chi connectivity index (χ0n) is 46.6. The lowest BCUT2D eigenvalue weighted by atomic mass is 9.99. The highest BCUT2D eigenvalue weighted by Gasteiger charge is 2.19. The van der Waals surface area contributed by atoms with Crippen LogP contribution < -0.4 is 0 Å². The van der Waals surface area contributed by atoms with E-state index in [0.29, 0.717) is 19.3 Å². The van der Waals surface area contributed by atoms with Gasteiger partial charge in [-0.3, -0.25) is 14.4 Å². The summed E-state index contributed by atoms with van der Waals surface area (Å²) in [6.07, 6.45) is 62.3. The van der Waals surface area contributed by atoms with Gasteiger partial charge in [0.2, 0.25) is 0 Å². The second-order valence-electron chi connectivity index (χ2n) is 21.6. The first-order chi connectivity index (χ1) is 33.4. The predicted octanol–water partition coefficient (Wildman–Crippen LogP) is 20.6. The first kappa shape index (κ1) is 66.4. The van der Waals surface area contributed by atoms with Crippen molar-refractivity contribution < 1.29 is 28.6 Å². The van der Waals surface area contributed by atoms with Crippen molar-refractivity contribution in [2.24, 2.45) is 5.92 Å². The molecule has 1 unspecified atom stereocenters. The maximum atomic E-state index is 12.9. The molecule has 0 fully saturated rings. The van der Waals surface area contributed by atoms with E-state index in [1.165, 1.54) is 250 Å². The van der Waals surface area contributed by atoms with Crippen molar-refractivity contribution in [3.63, 3.8) is 0 Å². The molecule has 0 bridgehead atoms. The Morgan fingerprint density at radius 3 is 0.765 bits per heavy atom. The van der Waals surface area contributed by atoms with Crippen molar-refractivity contribution in [3.05, 3.63) is 0 Å². The van der Waals surface area contributed by atoms with Crippen LogP contribution in [0.25, 0.3) is 0 Å². The summed E-state index contributed by atoms with van der Waals surface area (Å²) >= 11 is 0. The van der Waals surface area contributed by atoms with Gasteiger partial charge in [0.25, 0.3) is 0 Å². The van der Waals surface area contributed by atoms with Gasteiger partial charge in [0.15, 0.2) is 6.10 Å². The molecule has 0 aromatic carbocycles. The van der Waals surface area contributed by atoms with E-state index in [-0.39, 0.29) is 31.1 Å². The Morgan fingerprint density at radius 2 is 0.515 bits per heavy atom. The lowest BCUT2D eigenvalue weighted by molar-refractivity contribution is -0.167. The monoisotopic (exact) mass is 961 g/mol. The van der Waals surface area contributed by atoms with Crippen molar-refractivity contribution in [1.29, 1.82) is 0 Å². The minimum absolute atomic E-state index is 0.0613. The van der Waals surface area contributed by atoms with Crippen LogP contribution in [0.15, 0.2) is 0 Å². The third-order valence-corrected chi connectivity index (χ3v) is 14.7. The summed E-state index contributed by atoms with van der Waals surface area (Å²) in [5.74, 6) is 0.0788.